The third-order valence-electron chi connectivity index (χ3n) is 2.18. The maximum absolute atomic E-state index is 4.85. The lowest BCUT2D eigenvalue weighted by Gasteiger charge is -2.22. The van der Waals surface area contributed by atoms with Crippen LogP contribution < -0.4 is 5.73 Å². The third-order valence-corrected chi connectivity index (χ3v) is 2.18. The molecule has 0 aromatic carbocycles. The molecule has 0 fully saturated rings. The largest absolute Gasteiger partial charge is 0.331 e. The highest BCUT2D eigenvalue weighted by molar-refractivity contribution is 4.63. The summed E-state index contributed by atoms with van der Waals surface area (Å²) in [6.45, 7) is 14.2. The van der Waals surface area contributed by atoms with Crippen molar-refractivity contribution in [3.05, 3.63) is 0 Å². The highest BCUT2D eigenvalue weighted by Crippen LogP contribution is 2.22. The van der Waals surface area contributed by atoms with E-state index in [0.29, 0.717) is 0 Å². The van der Waals surface area contributed by atoms with Gasteiger partial charge in [-0.15, -0.1) is 0 Å². The van der Waals surface area contributed by atoms with Crippen molar-refractivity contribution in [1.29, 1.82) is 0 Å². The SMILES string of the molecule is CCC(C(C)C)C(C)C.CCN. The summed E-state index contributed by atoms with van der Waals surface area (Å²) in [6.07, 6.45) is 1.33. The van der Waals surface area contributed by atoms with E-state index in [1.54, 1.807) is 0 Å². The maximum Gasteiger partial charge on any atom is -0.0106 e. The number of nitrogens with two attached hydrogens (primary N) is 1. The molecule has 0 aliphatic rings. The van der Waals surface area contributed by atoms with Crippen LogP contribution >= 0.6 is 0 Å². The Morgan fingerprint density at radius 3 is 1.17 bits per heavy atom. The van der Waals surface area contributed by atoms with Crippen LogP contribution in [0.25, 0.3) is 0 Å². The molecule has 0 heterocycles. The highest BCUT2D eigenvalue weighted by atomic mass is 14.5. The van der Waals surface area contributed by atoms with E-state index in [1.807, 2.05) is 6.92 Å². The minimum atomic E-state index is 0.750. The lowest BCUT2D eigenvalue weighted by molar-refractivity contribution is 0.279. The number of hydrogen-bond acceptors (Lipinski definition) is 1. The number of hydrogen-bond donors (Lipinski definition) is 1. The third kappa shape index (κ3) is 8.06. The predicted molar refractivity (Wildman–Crippen MR) is 58.2 cm³/mol. The van der Waals surface area contributed by atoms with Crippen LogP contribution in [0.5, 0.6) is 0 Å². The summed E-state index contributed by atoms with van der Waals surface area (Å²) in [5.41, 5.74) is 4.85. The van der Waals surface area contributed by atoms with Gasteiger partial charge in [-0.3, -0.25) is 0 Å². The molecule has 12 heavy (non-hydrogen) atoms. The van der Waals surface area contributed by atoms with Crippen LogP contribution in [0, 0.1) is 17.8 Å². The van der Waals surface area contributed by atoms with Crippen molar-refractivity contribution in [2.45, 2.75) is 48.0 Å². The van der Waals surface area contributed by atoms with Crippen molar-refractivity contribution in [1.82, 2.24) is 0 Å². The van der Waals surface area contributed by atoms with Crippen LogP contribution in [0.2, 0.25) is 0 Å². The molecule has 1 heteroatoms. The van der Waals surface area contributed by atoms with Gasteiger partial charge in [0.2, 0.25) is 0 Å². The fourth-order valence-corrected chi connectivity index (χ4v) is 1.71. The van der Waals surface area contributed by atoms with Gasteiger partial charge in [0, 0.05) is 0 Å². The minimum Gasteiger partial charge on any atom is -0.331 e. The summed E-state index contributed by atoms with van der Waals surface area (Å²) in [5.74, 6) is 2.63. The first-order valence-corrected chi connectivity index (χ1v) is 5.21. The van der Waals surface area contributed by atoms with Crippen LogP contribution in [0.4, 0.5) is 0 Å². The zero-order valence-electron chi connectivity index (χ0n) is 9.72. The Morgan fingerprint density at radius 1 is 0.917 bits per heavy atom. The fourth-order valence-electron chi connectivity index (χ4n) is 1.71. The summed E-state index contributed by atoms with van der Waals surface area (Å²) in [5, 5.41) is 0. The topological polar surface area (TPSA) is 26.0 Å². The average Bonchev–Trinajstić information content (AvgIpc) is 1.88. The van der Waals surface area contributed by atoms with E-state index in [9.17, 15) is 0 Å². The fraction of sp³-hybridized carbons (Fsp3) is 1.00. The van der Waals surface area contributed by atoms with Gasteiger partial charge in [0.05, 0.1) is 0 Å². The Labute approximate surface area is 78.7 Å². The van der Waals surface area contributed by atoms with Crippen LogP contribution in [0.15, 0.2) is 0 Å². The van der Waals surface area contributed by atoms with Crippen LogP contribution in [0.1, 0.15) is 48.0 Å². The van der Waals surface area contributed by atoms with E-state index in [1.165, 1.54) is 6.42 Å². The Balaban J connectivity index is 0. The van der Waals surface area contributed by atoms with Gasteiger partial charge in [0.15, 0.2) is 0 Å². The second-order valence-electron chi connectivity index (χ2n) is 3.97. The van der Waals surface area contributed by atoms with Crippen molar-refractivity contribution in [2.75, 3.05) is 6.54 Å². The first-order chi connectivity index (χ1) is 5.51. The summed E-state index contributed by atoms with van der Waals surface area (Å²) < 4.78 is 0. The Morgan fingerprint density at radius 2 is 1.17 bits per heavy atom. The smallest absolute Gasteiger partial charge is 0.0106 e. The molecule has 0 spiro atoms. The predicted octanol–water partition coefficient (Wildman–Crippen LogP) is 3.29. The summed E-state index contributed by atoms with van der Waals surface area (Å²) in [4.78, 5) is 0. The molecule has 2 N–H and O–H groups in total. The van der Waals surface area contributed by atoms with Gasteiger partial charge in [-0.2, -0.15) is 0 Å². The van der Waals surface area contributed by atoms with Crippen molar-refractivity contribution in [2.24, 2.45) is 23.5 Å². The molecule has 76 valence electrons. The lowest BCUT2D eigenvalue weighted by Crippen LogP contribution is -2.13. The molecule has 0 atom stereocenters. The first kappa shape index (κ1) is 14.5. The Bertz CT molecular complexity index is 69.1. The van der Waals surface area contributed by atoms with Gasteiger partial charge in [-0.25, -0.2) is 0 Å². The first-order valence-electron chi connectivity index (χ1n) is 5.21. The molecule has 0 aliphatic heterocycles. The normalized spacial score (nSPS) is 10.5. The monoisotopic (exact) mass is 173 g/mol. The standard InChI is InChI=1S/C9H20.C2H7N/c1-6-9(7(2)3)8(4)5;1-2-3/h7-9H,6H2,1-5H3;2-3H2,1H3. The van der Waals surface area contributed by atoms with Gasteiger partial charge in [-0.1, -0.05) is 48.0 Å². The van der Waals surface area contributed by atoms with Crippen molar-refractivity contribution in [3.8, 4) is 0 Å². The maximum atomic E-state index is 4.85. The molecule has 0 amide bonds. The summed E-state index contributed by atoms with van der Waals surface area (Å²) >= 11 is 0. The second kappa shape index (κ2) is 9.05. The van der Waals surface area contributed by atoms with Crippen molar-refractivity contribution < 1.29 is 0 Å². The Kier molecular flexibility index (Phi) is 10.9. The van der Waals surface area contributed by atoms with E-state index < -0.39 is 0 Å². The number of rotatable bonds is 3. The minimum absolute atomic E-state index is 0.750. The quantitative estimate of drug-likeness (QED) is 0.696. The van der Waals surface area contributed by atoms with Crippen molar-refractivity contribution >= 4 is 0 Å². The molecule has 0 aliphatic carbocycles. The van der Waals surface area contributed by atoms with Crippen molar-refractivity contribution in [3.63, 3.8) is 0 Å². The average molecular weight is 173 g/mol. The molecule has 0 unspecified atom stereocenters. The van der Waals surface area contributed by atoms with E-state index in [4.69, 9.17) is 5.73 Å². The van der Waals surface area contributed by atoms with E-state index >= 15 is 0 Å². The molecule has 0 radical (unpaired) electrons. The van der Waals surface area contributed by atoms with Gasteiger partial charge in [0.1, 0.15) is 0 Å². The molecule has 0 aromatic heterocycles. The highest BCUT2D eigenvalue weighted by Gasteiger charge is 2.13. The van der Waals surface area contributed by atoms with E-state index in [2.05, 4.69) is 34.6 Å². The van der Waals surface area contributed by atoms with E-state index in [-0.39, 0.29) is 0 Å². The van der Waals surface area contributed by atoms with Gasteiger partial charge in [0.25, 0.3) is 0 Å². The zero-order valence-corrected chi connectivity index (χ0v) is 9.72. The molecular formula is C11H27N. The van der Waals surface area contributed by atoms with Gasteiger partial charge < -0.3 is 5.73 Å². The van der Waals surface area contributed by atoms with Gasteiger partial charge >= 0.3 is 0 Å². The molecule has 1 nitrogen and oxygen atoms in total. The molecular weight excluding hydrogens is 146 g/mol. The molecule has 0 saturated carbocycles. The van der Waals surface area contributed by atoms with Crippen LogP contribution in [-0.4, -0.2) is 6.54 Å². The van der Waals surface area contributed by atoms with E-state index in [0.717, 1.165) is 24.3 Å². The van der Waals surface area contributed by atoms with Gasteiger partial charge in [-0.05, 0) is 24.3 Å². The molecule has 0 bridgehead atoms. The lowest BCUT2D eigenvalue weighted by atomic mass is 9.84. The zero-order chi connectivity index (χ0) is 10.1. The Hall–Kier alpha value is -0.0400. The second-order valence-corrected chi connectivity index (χ2v) is 3.97. The molecule has 0 saturated heterocycles. The summed E-state index contributed by atoms with van der Waals surface area (Å²) in [6, 6.07) is 0. The molecule has 0 rings (SSSR count). The van der Waals surface area contributed by atoms with Crippen LogP contribution in [0.3, 0.4) is 0 Å². The summed E-state index contributed by atoms with van der Waals surface area (Å²) in [7, 11) is 0. The molecule has 0 aromatic rings. The van der Waals surface area contributed by atoms with Crippen LogP contribution in [-0.2, 0) is 0 Å².